The van der Waals surface area contributed by atoms with Crippen molar-refractivity contribution in [2.75, 3.05) is 0 Å². The molecule has 0 aromatic heterocycles. The van der Waals surface area contributed by atoms with Crippen LogP contribution < -0.4 is 0 Å². The van der Waals surface area contributed by atoms with Gasteiger partial charge in [0, 0.05) is 0 Å². The zero-order valence-electron chi connectivity index (χ0n) is 34.4. The normalized spacial score (nSPS) is 11.6. The lowest BCUT2D eigenvalue weighted by Gasteiger charge is -2.21. The molecule has 11 aromatic rings. The van der Waals surface area contributed by atoms with Crippen LogP contribution >= 0.6 is 0 Å². The molecule has 0 amide bonds. The van der Waals surface area contributed by atoms with Crippen molar-refractivity contribution in [3.63, 3.8) is 0 Å². The third-order valence-corrected chi connectivity index (χ3v) is 12.7. The summed E-state index contributed by atoms with van der Waals surface area (Å²) >= 11 is 0. The molecule has 11 rings (SSSR count). The zero-order valence-corrected chi connectivity index (χ0v) is 34.4. The second-order valence-corrected chi connectivity index (χ2v) is 16.6. The average molecular weight is 777 g/mol. The summed E-state index contributed by atoms with van der Waals surface area (Å²) in [5, 5.41) is 10.1. The highest BCUT2D eigenvalue weighted by atomic mass is 14.2. The lowest BCUT2D eigenvalue weighted by molar-refractivity contribution is 0.867. The number of hydrogen-bond donors (Lipinski definition) is 0. The third kappa shape index (κ3) is 6.49. The molecule has 0 N–H and O–H groups in total. The zero-order chi connectivity index (χ0) is 40.9. The summed E-state index contributed by atoms with van der Waals surface area (Å²) in [6.45, 7) is 4.55. The highest BCUT2D eigenvalue weighted by Crippen LogP contribution is 2.47. The highest BCUT2D eigenvalue weighted by Gasteiger charge is 2.20. The van der Waals surface area contributed by atoms with Crippen LogP contribution in [-0.2, 0) is 0 Å². The Labute approximate surface area is 358 Å². The monoisotopic (exact) mass is 776 g/mol. The van der Waals surface area contributed by atoms with E-state index in [0.717, 1.165) is 0 Å². The Kier molecular flexibility index (Phi) is 9.13. The van der Waals surface area contributed by atoms with Crippen molar-refractivity contribution in [1.82, 2.24) is 0 Å². The number of benzene rings is 11. The molecule has 0 aliphatic heterocycles. The van der Waals surface area contributed by atoms with Crippen LogP contribution in [0.3, 0.4) is 0 Å². The van der Waals surface area contributed by atoms with Gasteiger partial charge in [0.1, 0.15) is 0 Å². The second kappa shape index (κ2) is 15.2. The third-order valence-electron chi connectivity index (χ3n) is 12.7. The van der Waals surface area contributed by atoms with Crippen LogP contribution in [0.5, 0.6) is 0 Å². The largest absolute Gasteiger partial charge is 0.0616 e. The van der Waals surface area contributed by atoms with Gasteiger partial charge in [0.15, 0.2) is 0 Å². The maximum Gasteiger partial charge on any atom is -0.00261 e. The fourth-order valence-corrected chi connectivity index (χ4v) is 9.60. The Bertz CT molecular complexity index is 3380. The predicted molar refractivity (Wildman–Crippen MR) is 263 cm³/mol. The maximum absolute atomic E-state index is 2.46. The van der Waals surface area contributed by atoms with E-state index < -0.39 is 0 Å². The molecule has 0 nitrogen and oxygen atoms in total. The summed E-state index contributed by atoms with van der Waals surface area (Å²) in [7, 11) is 0. The molecular weight excluding hydrogens is 733 g/mol. The lowest BCUT2D eigenvalue weighted by atomic mass is 9.82. The van der Waals surface area contributed by atoms with E-state index in [1.54, 1.807) is 0 Å². The van der Waals surface area contributed by atoms with Crippen molar-refractivity contribution >= 4 is 43.1 Å². The molecule has 0 fully saturated rings. The minimum Gasteiger partial charge on any atom is -0.0616 e. The Morgan fingerprint density at radius 3 is 1.41 bits per heavy atom. The molecule has 0 heterocycles. The first-order valence-electron chi connectivity index (χ1n) is 21.4. The summed E-state index contributed by atoms with van der Waals surface area (Å²) < 4.78 is 0. The molecule has 0 bridgehead atoms. The molecular formula is C61H44. The van der Waals surface area contributed by atoms with Crippen molar-refractivity contribution in [2.24, 2.45) is 0 Å². The van der Waals surface area contributed by atoms with Gasteiger partial charge in [-0.2, -0.15) is 0 Å². The fourth-order valence-electron chi connectivity index (χ4n) is 9.60. The van der Waals surface area contributed by atoms with Crippen LogP contribution in [0.15, 0.2) is 224 Å². The molecule has 61 heavy (non-hydrogen) atoms. The predicted octanol–water partition coefficient (Wildman–Crippen LogP) is 17.4. The minimum absolute atomic E-state index is 0.445. The maximum atomic E-state index is 2.46. The van der Waals surface area contributed by atoms with Gasteiger partial charge in [0.25, 0.3) is 0 Å². The topological polar surface area (TPSA) is 0 Å². The van der Waals surface area contributed by atoms with E-state index >= 15 is 0 Å². The molecule has 0 heteroatoms. The minimum atomic E-state index is 0.445. The smallest absolute Gasteiger partial charge is 0.00261 e. The van der Waals surface area contributed by atoms with Crippen molar-refractivity contribution < 1.29 is 0 Å². The van der Waals surface area contributed by atoms with E-state index in [1.165, 1.54) is 115 Å². The van der Waals surface area contributed by atoms with Crippen LogP contribution in [0.2, 0.25) is 0 Å². The van der Waals surface area contributed by atoms with E-state index in [4.69, 9.17) is 0 Å². The molecule has 0 aliphatic carbocycles. The Hall–Kier alpha value is -7.54. The van der Waals surface area contributed by atoms with Crippen LogP contribution in [0.25, 0.3) is 110 Å². The summed E-state index contributed by atoms with van der Waals surface area (Å²) in [6.07, 6.45) is 0. The van der Waals surface area contributed by atoms with E-state index in [-0.39, 0.29) is 0 Å². The first kappa shape index (κ1) is 36.5. The van der Waals surface area contributed by atoms with Crippen LogP contribution in [0.4, 0.5) is 0 Å². The Morgan fingerprint density at radius 1 is 0.246 bits per heavy atom. The van der Waals surface area contributed by atoms with Crippen molar-refractivity contribution in [3.8, 4) is 66.8 Å². The van der Waals surface area contributed by atoms with Gasteiger partial charge >= 0.3 is 0 Å². The van der Waals surface area contributed by atoms with E-state index in [0.29, 0.717) is 5.92 Å². The SMILES string of the molecule is CC(C)c1cccc(-c2c3ccccc3c(-c3ccc(-c4cccc5ccccc45)c(-c4ccccc4-c4ccc(-c5ccc6ccccc6c5)cc4)c3)c3ccccc23)c1. The number of rotatable bonds is 7. The highest BCUT2D eigenvalue weighted by molar-refractivity contribution is 6.22. The first-order valence-corrected chi connectivity index (χ1v) is 21.4. The molecule has 0 atom stereocenters. The molecule has 11 aromatic carbocycles. The summed E-state index contributed by atoms with van der Waals surface area (Å²) in [4.78, 5) is 0. The molecule has 0 radical (unpaired) electrons. The average Bonchev–Trinajstić information content (AvgIpc) is 3.33. The van der Waals surface area contributed by atoms with Gasteiger partial charge in [-0.25, -0.2) is 0 Å². The summed E-state index contributed by atoms with van der Waals surface area (Å²) in [6, 6.07) is 83.2. The number of hydrogen-bond acceptors (Lipinski definition) is 0. The van der Waals surface area contributed by atoms with Gasteiger partial charge in [0.05, 0.1) is 0 Å². The van der Waals surface area contributed by atoms with Crippen LogP contribution in [-0.4, -0.2) is 0 Å². The van der Waals surface area contributed by atoms with Gasteiger partial charge in [0.2, 0.25) is 0 Å². The summed E-state index contributed by atoms with van der Waals surface area (Å²) in [5.41, 5.74) is 16.1. The van der Waals surface area contributed by atoms with Crippen molar-refractivity contribution in [3.05, 3.63) is 230 Å². The van der Waals surface area contributed by atoms with Crippen molar-refractivity contribution in [1.29, 1.82) is 0 Å². The van der Waals surface area contributed by atoms with Crippen LogP contribution in [0.1, 0.15) is 25.3 Å². The van der Waals surface area contributed by atoms with Gasteiger partial charge in [-0.3, -0.25) is 0 Å². The molecule has 288 valence electrons. The van der Waals surface area contributed by atoms with Gasteiger partial charge < -0.3 is 0 Å². The molecule has 0 spiro atoms. The van der Waals surface area contributed by atoms with Gasteiger partial charge in [-0.15, -0.1) is 0 Å². The standard InChI is InChI=1S/C61H44/c1-40(2)45-19-13-20-48(37-45)60-55-24-9-11-26-57(55)61(58-27-12-10-25-56(58)60)49-35-36-54(52-28-14-18-43-16-5-6-21-50(43)52)59(39-49)53-23-8-7-22-51(53)44-32-29-42(30-33-44)47-34-31-41-15-3-4-17-46(41)38-47/h3-40H,1-2H3. The number of fused-ring (bicyclic) bond motifs is 4. The molecule has 0 aliphatic rings. The van der Waals surface area contributed by atoms with Crippen LogP contribution in [0, 0.1) is 0 Å². The van der Waals surface area contributed by atoms with E-state index in [2.05, 4.69) is 238 Å². The van der Waals surface area contributed by atoms with Crippen molar-refractivity contribution in [2.45, 2.75) is 19.8 Å². The fraction of sp³-hybridized carbons (Fsp3) is 0.0492. The molecule has 0 saturated heterocycles. The Morgan fingerprint density at radius 2 is 0.721 bits per heavy atom. The quantitative estimate of drug-likeness (QED) is 0.141. The van der Waals surface area contributed by atoms with Gasteiger partial charge in [-0.05, 0) is 133 Å². The molecule has 0 saturated carbocycles. The summed E-state index contributed by atoms with van der Waals surface area (Å²) in [5.74, 6) is 0.445. The Balaban J connectivity index is 1.13. The first-order chi connectivity index (χ1) is 30.1. The lowest BCUT2D eigenvalue weighted by Crippen LogP contribution is -1.94. The second-order valence-electron chi connectivity index (χ2n) is 16.6. The van der Waals surface area contributed by atoms with Gasteiger partial charge in [-0.1, -0.05) is 226 Å². The molecule has 0 unspecified atom stereocenters. The van der Waals surface area contributed by atoms with E-state index in [1.807, 2.05) is 0 Å². The van der Waals surface area contributed by atoms with E-state index in [9.17, 15) is 0 Å².